The number of rotatable bonds is 5. The maximum Gasteiger partial charge on any atom is 0.269 e. The Balaban J connectivity index is 1.51. The van der Waals surface area contributed by atoms with Gasteiger partial charge >= 0.3 is 0 Å². The Hall–Kier alpha value is -2.20. The molecule has 1 aromatic heterocycles. The minimum absolute atomic E-state index is 0.0957. The van der Waals surface area contributed by atoms with Gasteiger partial charge in [-0.15, -0.1) is 0 Å². The number of carbonyl (C=O) groups is 1. The van der Waals surface area contributed by atoms with Crippen molar-refractivity contribution in [3.8, 4) is 11.1 Å². The summed E-state index contributed by atoms with van der Waals surface area (Å²) in [7, 11) is 0. The van der Waals surface area contributed by atoms with E-state index in [4.69, 9.17) is 0 Å². The van der Waals surface area contributed by atoms with Gasteiger partial charge in [0.25, 0.3) is 5.91 Å². The molecule has 1 N–H and O–H groups in total. The zero-order chi connectivity index (χ0) is 15.9. The standard InChI is InChI=1S/C19H23N3O/c23-19(20-11-14-22-12-5-2-6-13-22)18-10-9-17(15-21-18)16-7-3-1-4-8-16/h1,3-4,7-10,15H,2,5-6,11-14H2,(H,20,23). The smallest absolute Gasteiger partial charge is 0.269 e. The third-order valence-corrected chi connectivity index (χ3v) is 4.27. The molecule has 0 saturated carbocycles. The van der Waals surface area contributed by atoms with Gasteiger partial charge in [0.2, 0.25) is 0 Å². The zero-order valence-corrected chi connectivity index (χ0v) is 13.4. The number of pyridine rings is 1. The van der Waals surface area contributed by atoms with E-state index in [1.807, 2.05) is 36.4 Å². The first-order valence-electron chi connectivity index (χ1n) is 8.35. The summed E-state index contributed by atoms with van der Waals surface area (Å²) in [6.45, 7) is 3.91. The van der Waals surface area contributed by atoms with E-state index in [0.717, 1.165) is 30.8 Å². The van der Waals surface area contributed by atoms with Gasteiger partial charge in [0.15, 0.2) is 0 Å². The number of nitrogens with one attached hydrogen (secondary N) is 1. The molecular formula is C19H23N3O. The van der Waals surface area contributed by atoms with E-state index in [-0.39, 0.29) is 5.91 Å². The second-order valence-electron chi connectivity index (χ2n) is 5.96. The van der Waals surface area contributed by atoms with Gasteiger partial charge in [-0.25, -0.2) is 0 Å². The summed E-state index contributed by atoms with van der Waals surface area (Å²) in [5, 5.41) is 2.96. The molecule has 4 nitrogen and oxygen atoms in total. The Morgan fingerprint density at radius 2 is 1.78 bits per heavy atom. The summed E-state index contributed by atoms with van der Waals surface area (Å²) in [5.41, 5.74) is 2.61. The first-order chi connectivity index (χ1) is 11.3. The van der Waals surface area contributed by atoms with Gasteiger partial charge in [-0.05, 0) is 37.6 Å². The topological polar surface area (TPSA) is 45.2 Å². The van der Waals surface area contributed by atoms with Gasteiger partial charge in [-0.1, -0.05) is 42.8 Å². The van der Waals surface area contributed by atoms with Crippen LogP contribution in [0.4, 0.5) is 0 Å². The van der Waals surface area contributed by atoms with Gasteiger partial charge in [-0.2, -0.15) is 0 Å². The molecule has 0 radical (unpaired) electrons. The lowest BCUT2D eigenvalue weighted by Gasteiger charge is -2.26. The van der Waals surface area contributed by atoms with Crippen LogP contribution < -0.4 is 5.32 Å². The van der Waals surface area contributed by atoms with Gasteiger partial charge in [0, 0.05) is 24.8 Å². The number of hydrogen-bond donors (Lipinski definition) is 1. The molecule has 1 aromatic carbocycles. The molecule has 1 amide bonds. The number of carbonyl (C=O) groups excluding carboxylic acids is 1. The Labute approximate surface area is 137 Å². The lowest BCUT2D eigenvalue weighted by molar-refractivity contribution is 0.0941. The van der Waals surface area contributed by atoms with Crippen molar-refractivity contribution in [1.29, 1.82) is 0 Å². The largest absolute Gasteiger partial charge is 0.349 e. The summed E-state index contributed by atoms with van der Waals surface area (Å²) >= 11 is 0. The molecular weight excluding hydrogens is 286 g/mol. The van der Waals surface area contributed by atoms with Crippen LogP contribution in [-0.4, -0.2) is 42.0 Å². The number of nitrogens with zero attached hydrogens (tertiary/aromatic N) is 2. The fourth-order valence-corrected chi connectivity index (χ4v) is 2.93. The van der Waals surface area contributed by atoms with Gasteiger partial charge in [-0.3, -0.25) is 9.78 Å². The molecule has 0 aliphatic carbocycles. The van der Waals surface area contributed by atoms with Crippen LogP contribution in [0.1, 0.15) is 29.8 Å². The Morgan fingerprint density at radius 3 is 2.48 bits per heavy atom. The van der Waals surface area contributed by atoms with Gasteiger partial charge in [0.05, 0.1) is 0 Å². The maximum absolute atomic E-state index is 12.1. The summed E-state index contributed by atoms with van der Waals surface area (Å²) in [4.78, 5) is 18.8. The highest BCUT2D eigenvalue weighted by Crippen LogP contribution is 2.17. The van der Waals surface area contributed by atoms with Crippen molar-refractivity contribution in [2.45, 2.75) is 19.3 Å². The predicted octanol–water partition coefficient (Wildman–Crippen LogP) is 2.96. The molecule has 23 heavy (non-hydrogen) atoms. The third-order valence-electron chi connectivity index (χ3n) is 4.27. The fourth-order valence-electron chi connectivity index (χ4n) is 2.93. The summed E-state index contributed by atoms with van der Waals surface area (Å²) in [6.07, 6.45) is 5.64. The average Bonchev–Trinajstić information content (AvgIpc) is 2.63. The van der Waals surface area contributed by atoms with Crippen molar-refractivity contribution in [2.75, 3.05) is 26.2 Å². The highest BCUT2D eigenvalue weighted by Gasteiger charge is 2.11. The van der Waals surface area contributed by atoms with Crippen molar-refractivity contribution < 1.29 is 4.79 Å². The van der Waals surface area contributed by atoms with E-state index in [1.54, 1.807) is 12.3 Å². The van der Waals surface area contributed by atoms with Gasteiger partial charge in [0.1, 0.15) is 5.69 Å². The van der Waals surface area contributed by atoms with Crippen molar-refractivity contribution in [1.82, 2.24) is 15.2 Å². The van der Waals surface area contributed by atoms with E-state index >= 15 is 0 Å². The lowest BCUT2D eigenvalue weighted by atomic mass is 10.1. The van der Waals surface area contributed by atoms with E-state index < -0.39 is 0 Å². The van der Waals surface area contributed by atoms with E-state index in [9.17, 15) is 4.79 Å². The van der Waals surface area contributed by atoms with Crippen LogP contribution in [-0.2, 0) is 0 Å². The molecule has 4 heteroatoms. The summed E-state index contributed by atoms with van der Waals surface area (Å²) in [6, 6.07) is 13.8. The summed E-state index contributed by atoms with van der Waals surface area (Å²) < 4.78 is 0. The second kappa shape index (κ2) is 7.88. The van der Waals surface area contributed by atoms with Crippen LogP contribution >= 0.6 is 0 Å². The molecule has 0 atom stereocenters. The first kappa shape index (κ1) is 15.7. The molecule has 2 heterocycles. The quantitative estimate of drug-likeness (QED) is 0.923. The Bertz CT molecular complexity index is 619. The molecule has 1 saturated heterocycles. The predicted molar refractivity (Wildman–Crippen MR) is 92.3 cm³/mol. The molecule has 1 aliphatic rings. The molecule has 1 fully saturated rings. The van der Waals surface area contributed by atoms with E-state index in [2.05, 4.69) is 15.2 Å². The minimum atomic E-state index is -0.0957. The van der Waals surface area contributed by atoms with Crippen LogP contribution in [0.3, 0.4) is 0 Å². The molecule has 0 unspecified atom stereocenters. The number of piperidine rings is 1. The third kappa shape index (κ3) is 4.39. The second-order valence-corrected chi connectivity index (χ2v) is 5.96. The van der Waals surface area contributed by atoms with E-state index in [1.165, 1.54) is 19.3 Å². The summed E-state index contributed by atoms with van der Waals surface area (Å²) in [5.74, 6) is -0.0957. The normalized spacial score (nSPS) is 15.3. The van der Waals surface area contributed by atoms with Crippen LogP contribution in [0.15, 0.2) is 48.7 Å². The van der Waals surface area contributed by atoms with E-state index in [0.29, 0.717) is 12.2 Å². The van der Waals surface area contributed by atoms with Crippen molar-refractivity contribution in [3.63, 3.8) is 0 Å². The molecule has 0 bridgehead atoms. The minimum Gasteiger partial charge on any atom is -0.349 e. The first-order valence-corrected chi connectivity index (χ1v) is 8.35. The molecule has 2 aromatic rings. The van der Waals surface area contributed by atoms with Crippen molar-refractivity contribution in [3.05, 3.63) is 54.4 Å². The van der Waals surface area contributed by atoms with Crippen molar-refractivity contribution >= 4 is 5.91 Å². The molecule has 1 aliphatic heterocycles. The SMILES string of the molecule is O=C(NCCN1CCCCC1)c1ccc(-c2ccccc2)cn1. The van der Waals surface area contributed by atoms with Gasteiger partial charge < -0.3 is 10.2 Å². The number of hydrogen-bond acceptors (Lipinski definition) is 3. The molecule has 120 valence electrons. The molecule has 3 rings (SSSR count). The van der Waals surface area contributed by atoms with Crippen LogP contribution in [0.2, 0.25) is 0 Å². The van der Waals surface area contributed by atoms with Crippen LogP contribution in [0, 0.1) is 0 Å². The fraction of sp³-hybridized carbons (Fsp3) is 0.368. The number of aromatic nitrogens is 1. The average molecular weight is 309 g/mol. The van der Waals surface area contributed by atoms with Crippen LogP contribution in [0.25, 0.3) is 11.1 Å². The Morgan fingerprint density at radius 1 is 1.00 bits per heavy atom. The maximum atomic E-state index is 12.1. The Kier molecular flexibility index (Phi) is 5.37. The highest BCUT2D eigenvalue weighted by molar-refractivity contribution is 5.92. The monoisotopic (exact) mass is 309 g/mol. The highest BCUT2D eigenvalue weighted by atomic mass is 16.1. The lowest BCUT2D eigenvalue weighted by Crippen LogP contribution is -2.37. The van der Waals surface area contributed by atoms with Crippen LogP contribution in [0.5, 0.6) is 0 Å². The zero-order valence-electron chi connectivity index (χ0n) is 13.4. The molecule has 0 spiro atoms. The number of amides is 1. The number of likely N-dealkylation sites (tertiary alicyclic amines) is 1. The number of benzene rings is 1. The van der Waals surface area contributed by atoms with Crippen molar-refractivity contribution in [2.24, 2.45) is 0 Å².